The first-order chi connectivity index (χ1) is 9.49. The minimum atomic E-state index is -1.16. The second-order valence-corrected chi connectivity index (χ2v) is 5.65. The molecule has 1 fully saturated rings. The van der Waals surface area contributed by atoms with E-state index < -0.39 is 17.5 Å². The van der Waals surface area contributed by atoms with Crippen molar-refractivity contribution in [2.24, 2.45) is 5.41 Å². The maximum Gasteiger partial charge on any atom is 0.161 e. The Kier molecular flexibility index (Phi) is 4.70. The quantitative estimate of drug-likeness (QED) is 0.860. The first-order valence-corrected chi connectivity index (χ1v) is 6.96. The molecule has 1 saturated heterocycles. The number of likely N-dealkylation sites (tertiary alicyclic amines) is 1. The highest BCUT2D eigenvalue weighted by molar-refractivity contribution is 5.20. The highest BCUT2D eigenvalue weighted by Crippen LogP contribution is 2.34. The normalized spacial score (nSPS) is 19.2. The van der Waals surface area contributed by atoms with Crippen LogP contribution in [0.15, 0.2) is 12.1 Å². The lowest BCUT2D eigenvalue weighted by Crippen LogP contribution is -2.41. The van der Waals surface area contributed by atoms with E-state index in [1.54, 1.807) is 0 Å². The summed E-state index contributed by atoms with van der Waals surface area (Å²) in [5.41, 5.74) is 0.139. The molecule has 1 aliphatic heterocycles. The van der Waals surface area contributed by atoms with Crippen LogP contribution in [0.3, 0.4) is 0 Å². The van der Waals surface area contributed by atoms with Crippen LogP contribution in [0.4, 0.5) is 13.2 Å². The smallest absolute Gasteiger partial charge is 0.161 e. The minimum Gasteiger partial charge on any atom is -0.396 e. The monoisotopic (exact) mass is 287 g/mol. The Balaban J connectivity index is 2.01. The van der Waals surface area contributed by atoms with Gasteiger partial charge in [-0.15, -0.1) is 0 Å². The van der Waals surface area contributed by atoms with E-state index in [-0.39, 0.29) is 24.1 Å². The Labute approximate surface area is 117 Å². The molecule has 0 radical (unpaired) electrons. The zero-order chi connectivity index (χ0) is 14.8. The zero-order valence-electron chi connectivity index (χ0n) is 11.6. The van der Waals surface area contributed by atoms with Gasteiger partial charge in [-0.05, 0) is 43.8 Å². The molecule has 2 nitrogen and oxygen atoms in total. The summed E-state index contributed by atoms with van der Waals surface area (Å²) in [6.45, 7) is 3.95. The number of rotatable bonds is 4. The van der Waals surface area contributed by atoms with Gasteiger partial charge >= 0.3 is 0 Å². The number of aliphatic hydroxyl groups excluding tert-OH is 1. The third-order valence-corrected chi connectivity index (χ3v) is 4.49. The van der Waals surface area contributed by atoms with Crippen LogP contribution < -0.4 is 0 Å². The third-order valence-electron chi connectivity index (χ3n) is 4.49. The Morgan fingerprint density at radius 1 is 1.10 bits per heavy atom. The van der Waals surface area contributed by atoms with E-state index in [0.717, 1.165) is 38.4 Å². The molecule has 0 atom stereocenters. The molecule has 112 valence electrons. The predicted octanol–water partition coefficient (Wildman–Crippen LogP) is 3.09. The molecule has 5 heteroatoms. The molecule has 20 heavy (non-hydrogen) atoms. The van der Waals surface area contributed by atoms with E-state index in [1.807, 2.05) is 4.90 Å². The van der Waals surface area contributed by atoms with Gasteiger partial charge in [-0.3, -0.25) is 4.90 Å². The van der Waals surface area contributed by atoms with Crippen molar-refractivity contribution in [3.63, 3.8) is 0 Å². The van der Waals surface area contributed by atoms with E-state index in [2.05, 4.69) is 6.92 Å². The molecule has 0 bridgehead atoms. The SMILES string of the molecule is CCC1(CO)CCN(Cc2cc(F)c(F)cc2F)CC1. The highest BCUT2D eigenvalue weighted by atomic mass is 19.2. The number of hydrogen-bond acceptors (Lipinski definition) is 2. The van der Waals surface area contributed by atoms with Crippen molar-refractivity contribution in [2.75, 3.05) is 19.7 Å². The second-order valence-electron chi connectivity index (χ2n) is 5.65. The Morgan fingerprint density at radius 3 is 2.25 bits per heavy atom. The van der Waals surface area contributed by atoms with Crippen LogP contribution in [0, 0.1) is 22.9 Å². The molecule has 1 aromatic carbocycles. The van der Waals surface area contributed by atoms with Gasteiger partial charge in [0.15, 0.2) is 11.6 Å². The van der Waals surface area contributed by atoms with Gasteiger partial charge < -0.3 is 5.11 Å². The van der Waals surface area contributed by atoms with Crippen molar-refractivity contribution < 1.29 is 18.3 Å². The summed E-state index contributed by atoms with van der Waals surface area (Å²) in [5, 5.41) is 9.46. The van der Waals surface area contributed by atoms with Gasteiger partial charge in [-0.1, -0.05) is 6.92 Å². The average Bonchev–Trinajstić information content (AvgIpc) is 2.46. The molecule has 1 aromatic rings. The molecule has 0 amide bonds. The molecule has 1 heterocycles. The molecule has 2 rings (SSSR count). The molecule has 0 saturated carbocycles. The molecule has 0 aromatic heterocycles. The number of nitrogens with zero attached hydrogens (tertiary/aromatic N) is 1. The summed E-state index contributed by atoms with van der Waals surface area (Å²) >= 11 is 0. The fourth-order valence-electron chi connectivity index (χ4n) is 2.73. The molecule has 1 aliphatic rings. The van der Waals surface area contributed by atoms with Gasteiger partial charge in [0.2, 0.25) is 0 Å². The maximum atomic E-state index is 13.6. The van der Waals surface area contributed by atoms with Gasteiger partial charge in [-0.25, -0.2) is 13.2 Å². The predicted molar refractivity (Wildman–Crippen MR) is 70.6 cm³/mol. The number of benzene rings is 1. The van der Waals surface area contributed by atoms with Gasteiger partial charge in [0, 0.05) is 24.8 Å². The number of halogens is 3. The highest BCUT2D eigenvalue weighted by Gasteiger charge is 2.32. The molecule has 0 unspecified atom stereocenters. The van der Waals surface area contributed by atoms with Crippen molar-refractivity contribution in [1.29, 1.82) is 0 Å². The van der Waals surface area contributed by atoms with Gasteiger partial charge in [0.25, 0.3) is 0 Å². The van der Waals surface area contributed by atoms with Crippen molar-refractivity contribution in [3.05, 3.63) is 35.1 Å². The van der Waals surface area contributed by atoms with Crippen molar-refractivity contribution in [2.45, 2.75) is 32.7 Å². The Bertz CT molecular complexity index is 464. The number of aliphatic hydroxyl groups is 1. The van der Waals surface area contributed by atoms with Crippen molar-refractivity contribution >= 4 is 0 Å². The maximum absolute atomic E-state index is 13.6. The van der Waals surface area contributed by atoms with E-state index in [9.17, 15) is 18.3 Å². The van der Waals surface area contributed by atoms with E-state index in [1.165, 1.54) is 0 Å². The van der Waals surface area contributed by atoms with Crippen LogP contribution in [0.2, 0.25) is 0 Å². The summed E-state index contributed by atoms with van der Waals surface area (Å²) in [5.74, 6) is -2.88. The first kappa shape index (κ1) is 15.3. The standard InChI is InChI=1S/C15H20F3NO/c1-2-15(10-20)3-5-19(6-4-15)9-11-7-13(17)14(18)8-12(11)16/h7-8,20H,2-6,9-10H2,1H3. The largest absolute Gasteiger partial charge is 0.396 e. The lowest BCUT2D eigenvalue weighted by atomic mass is 9.77. The lowest BCUT2D eigenvalue weighted by Gasteiger charge is -2.40. The molecule has 0 spiro atoms. The summed E-state index contributed by atoms with van der Waals surface area (Å²) in [4.78, 5) is 2.01. The summed E-state index contributed by atoms with van der Waals surface area (Å²) in [7, 11) is 0. The van der Waals surface area contributed by atoms with Gasteiger partial charge in [0.05, 0.1) is 0 Å². The Hall–Kier alpha value is -1.07. The zero-order valence-corrected chi connectivity index (χ0v) is 11.6. The average molecular weight is 287 g/mol. The van der Waals surface area contributed by atoms with Gasteiger partial charge in [-0.2, -0.15) is 0 Å². The van der Waals surface area contributed by atoms with E-state index in [0.29, 0.717) is 6.07 Å². The summed E-state index contributed by atoms with van der Waals surface area (Å²) in [6, 6.07) is 1.52. The summed E-state index contributed by atoms with van der Waals surface area (Å²) < 4.78 is 39.6. The van der Waals surface area contributed by atoms with Crippen molar-refractivity contribution in [1.82, 2.24) is 4.90 Å². The Morgan fingerprint density at radius 2 is 1.70 bits per heavy atom. The van der Waals surface area contributed by atoms with Crippen LogP contribution in [0.25, 0.3) is 0 Å². The first-order valence-electron chi connectivity index (χ1n) is 6.96. The fraction of sp³-hybridized carbons (Fsp3) is 0.600. The minimum absolute atomic E-state index is 0.0386. The molecular formula is C15H20F3NO. The third kappa shape index (κ3) is 3.15. The van der Waals surface area contributed by atoms with Crippen LogP contribution in [0.1, 0.15) is 31.7 Å². The number of piperidine rings is 1. The molecule has 1 N–H and O–H groups in total. The van der Waals surface area contributed by atoms with E-state index >= 15 is 0 Å². The molecule has 0 aliphatic carbocycles. The lowest BCUT2D eigenvalue weighted by molar-refractivity contribution is 0.0378. The van der Waals surface area contributed by atoms with E-state index in [4.69, 9.17) is 0 Å². The van der Waals surface area contributed by atoms with Crippen LogP contribution >= 0.6 is 0 Å². The van der Waals surface area contributed by atoms with Crippen molar-refractivity contribution in [3.8, 4) is 0 Å². The second kappa shape index (κ2) is 6.14. The summed E-state index contributed by atoms with van der Waals surface area (Å²) in [6.07, 6.45) is 2.59. The fourth-order valence-corrected chi connectivity index (χ4v) is 2.73. The number of hydrogen-bond donors (Lipinski definition) is 1. The van der Waals surface area contributed by atoms with Crippen LogP contribution in [-0.2, 0) is 6.54 Å². The van der Waals surface area contributed by atoms with Gasteiger partial charge in [0.1, 0.15) is 5.82 Å². The van der Waals surface area contributed by atoms with Crippen LogP contribution in [0.5, 0.6) is 0 Å². The molecular weight excluding hydrogens is 267 g/mol. The topological polar surface area (TPSA) is 23.5 Å². The van der Waals surface area contributed by atoms with Crippen LogP contribution in [-0.4, -0.2) is 29.7 Å².